The highest BCUT2D eigenvalue weighted by atomic mass is 16.5. The van der Waals surface area contributed by atoms with Crippen LogP contribution in [0.4, 0.5) is 0 Å². The van der Waals surface area contributed by atoms with E-state index in [4.69, 9.17) is 15.2 Å². The third-order valence-electron chi connectivity index (χ3n) is 3.89. The van der Waals surface area contributed by atoms with Gasteiger partial charge in [-0.2, -0.15) is 0 Å². The molecule has 0 radical (unpaired) electrons. The Morgan fingerprint density at radius 3 is 2.39 bits per heavy atom. The predicted octanol–water partition coefficient (Wildman–Crippen LogP) is 2.71. The number of methoxy groups -OCH3 is 2. The number of hydrogen-bond acceptors (Lipinski definition) is 4. The highest BCUT2D eigenvalue weighted by Gasteiger charge is 2.11. The molecular formula is C19H26N2O2. The van der Waals surface area contributed by atoms with Crippen LogP contribution in [-0.4, -0.2) is 38.8 Å². The molecular weight excluding hydrogens is 288 g/mol. The van der Waals surface area contributed by atoms with Gasteiger partial charge in [-0.15, -0.1) is 0 Å². The molecule has 0 bridgehead atoms. The standard InChI is InChI=1S/C19H26N2O2/c1-22-18-8-9-19(23-2)17(14-18)15-21(13-11-20)12-10-16-6-4-3-5-7-16/h3-9,14H,10-13,15,20H2,1-2H3. The lowest BCUT2D eigenvalue weighted by molar-refractivity contribution is 0.270. The van der Waals surface area contributed by atoms with Crippen LogP contribution in [0.15, 0.2) is 48.5 Å². The SMILES string of the molecule is COc1ccc(OC)c(CN(CCN)CCc2ccccc2)c1. The van der Waals surface area contributed by atoms with Gasteiger partial charge in [-0.25, -0.2) is 0 Å². The second-order valence-corrected chi connectivity index (χ2v) is 5.48. The van der Waals surface area contributed by atoms with Gasteiger partial charge in [0.05, 0.1) is 14.2 Å². The third-order valence-corrected chi connectivity index (χ3v) is 3.89. The predicted molar refractivity (Wildman–Crippen MR) is 94.0 cm³/mol. The quantitative estimate of drug-likeness (QED) is 0.773. The lowest BCUT2D eigenvalue weighted by Gasteiger charge is -2.23. The van der Waals surface area contributed by atoms with Crippen molar-refractivity contribution in [2.45, 2.75) is 13.0 Å². The number of benzene rings is 2. The fourth-order valence-electron chi connectivity index (χ4n) is 2.63. The average molecular weight is 314 g/mol. The Labute approximate surface area is 138 Å². The molecule has 4 nitrogen and oxygen atoms in total. The van der Waals surface area contributed by atoms with Crippen LogP contribution in [0.25, 0.3) is 0 Å². The Kier molecular flexibility index (Phi) is 6.91. The van der Waals surface area contributed by atoms with E-state index >= 15 is 0 Å². The molecule has 2 aromatic rings. The van der Waals surface area contributed by atoms with Gasteiger partial charge in [-0.1, -0.05) is 30.3 Å². The summed E-state index contributed by atoms with van der Waals surface area (Å²) in [7, 11) is 3.38. The maximum absolute atomic E-state index is 5.78. The molecule has 0 aliphatic heterocycles. The smallest absolute Gasteiger partial charge is 0.123 e. The van der Waals surface area contributed by atoms with Crippen molar-refractivity contribution >= 4 is 0 Å². The molecule has 124 valence electrons. The van der Waals surface area contributed by atoms with Gasteiger partial charge in [0, 0.05) is 31.7 Å². The van der Waals surface area contributed by atoms with E-state index in [-0.39, 0.29) is 0 Å². The number of rotatable bonds is 9. The van der Waals surface area contributed by atoms with Crippen molar-refractivity contribution in [3.8, 4) is 11.5 Å². The number of nitrogens with two attached hydrogens (primary N) is 1. The molecule has 0 aromatic heterocycles. The minimum atomic E-state index is 0.640. The van der Waals surface area contributed by atoms with Gasteiger partial charge in [0.2, 0.25) is 0 Å². The lowest BCUT2D eigenvalue weighted by Crippen LogP contribution is -2.31. The highest BCUT2D eigenvalue weighted by Crippen LogP contribution is 2.25. The van der Waals surface area contributed by atoms with Gasteiger partial charge in [-0.3, -0.25) is 4.90 Å². The lowest BCUT2D eigenvalue weighted by atomic mass is 10.1. The summed E-state index contributed by atoms with van der Waals surface area (Å²) in [6.45, 7) is 3.25. The molecule has 0 aliphatic carbocycles. The monoisotopic (exact) mass is 314 g/mol. The topological polar surface area (TPSA) is 47.7 Å². The first-order chi connectivity index (χ1) is 11.3. The van der Waals surface area contributed by atoms with Gasteiger partial charge in [0.1, 0.15) is 11.5 Å². The molecule has 0 unspecified atom stereocenters. The largest absolute Gasteiger partial charge is 0.497 e. The number of hydrogen-bond donors (Lipinski definition) is 1. The van der Waals surface area contributed by atoms with Crippen LogP contribution < -0.4 is 15.2 Å². The summed E-state index contributed by atoms with van der Waals surface area (Å²) in [4.78, 5) is 2.35. The number of ether oxygens (including phenoxy) is 2. The number of nitrogens with zero attached hydrogens (tertiary/aromatic N) is 1. The van der Waals surface area contributed by atoms with E-state index in [2.05, 4.69) is 29.2 Å². The zero-order chi connectivity index (χ0) is 16.5. The van der Waals surface area contributed by atoms with Crippen LogP contribution >= 0.6 is 0 Å². The summed E-state index contributed by atoms with van der Waals surface area (Å²) < 4.78 is 10.8. The second kappa shape index (κ2) is 9.18. The Bertz CT molecular complexity index is 587. The molecule has 2 N–H and O–H groups in total. The molecule has 0 amide bonds. The van der Waals surface area contributed by atoms with Crippen molar-refractivity contribution in [3.63, 3.8) is 0 Å². The summed E-state index contributed by atoms with van der Waals surface area (Å²) in [5.41, 5.74) is 8.24. The molecule has 0 saturated carbocycles. The molecule has 0 spiro atoms. The molecule has 2 aromatic carbocycles. The second-order valence-electron chi connectivity index (χ2n) is 5.48. The minimum absolute atomic E-state index is 0.640. The van der Waals surface area contributed by atoms with Crippen molar-refractivity contribution in [3.05, 3.63) is 59.7 Å². The first kappa shape index (κ1) is 17.3. The van der Waals surface area contributed by atoms with Crippen LogP contribution in [0.3, 0.4) is 0 Å². The van der Waals surface area contributed by atoms with Gasteiger partial charge < -0.3 is 15.2 Å². The van der Waals surface area contributed by atoms with E-state index in [1.165, 1.54) is 5.56 Å². The van der Waals surface area contributed by atoms with E-state index in [1.54, 1.807) is 14.2 Å². The minimum Gasteiger partial charge on any atom is -0.497 e. The molecule has 2 rings (SSSR count). The van der Waals surface area contributed by atoms with Crippen LogP contribution in [0.5, 0.6) is 11.5 Å². The van der Waals surface area contributed by atoms with Crippen molar-refractivity contribution in [1.82, 2.24) is 4.90 Å². The van der Waals surface area contributed by atoms with E-state index in [1.807, 2.05) is 24.3 Å². The molecule has 0 heterocycles. The van der Waals surface area contributed by atoms with Crippen LogP contribution in [-0.2, 0) is 13.0 Å². The third kappa shape index (κ3) is 5.27. The van der Waals surface area contributed by atoms with Crippen molar-refractivity contribution < 1.29 is 9.47 Å². The van der Waals surface area contributed by atoms with Crippen LogP contribution in [0.2, 0.25) is 0 Å². The molecule has 23 heavy (non-hydrogen) atoms. The molecule has 0 fully saturated rings. The van der Waals surface area contributed by atoms with Gasteiger partial charge in [0.25, 0.3) is 0 Å². The van der Waals surface area contributed by atoms with Crippen LogP contribution in [0, 0.1) is 0 Å². The summed E-state index contributed by atoms with van der Waals surface area (Å²) in [5, 5.41) is 0. The highest BCUT2D eigenvalue weighted by molar-refractivity contribution is 5.40. The van der Waals surface area contributed by atoms with E-state index in [9.17, 15) is 0 Å². The summed E-state index contributed by atoms with van der Waals surface area (Å²) in [5.74, 6) is 1.73. The average Bonchev–Trinajstić information content (AvgIpc) is 2.60. The van der Waals surface area contributed by atoms with Crippen LogP contribution in [0.1, 0.15) is 11.1 Å². The van der Waals surface area contributed by atoms with Gasteiger partial charge in [0.15, 0.2) is 0 Å². The van der Waals surface area contributed by atoms with Gasteiger partial charge >= 0.3 is 0 Å². The fourth-order valence-corrected chi connectivity index (χ4v) is 2.63. The van der Waals surface area contributed by atoms with E-state index < -0.39 is 0 Å². The molecule has 0 saturated heterocycles. The van der Waals surface area contributed by atoms with E-state index in [0.717, 1.165) is 43.1 Å². The maximum Gasteiger partial charge on any atom is 0.123 e. The Hall–Kier alpha value is -2.04. The zero-order valence-corrected chi connectivity index (χ0v) is 14.0. The Morgan fingerprint density at radius 1 is 0.957 bits per heavy atom. The normalized spacial score (nSPS) is 10.8. The first-order valence-corrected chi connectivity index (χ1v) is 7.94. The summed E-state index contributed by atoms with van der Waals surface area (Å²) >= 11 is 0. The molecule has 0 aliphatic rings. The summed E-state index contributed by atoms with van der Waals surface area (Å²) in [6, 6.07) is 16.4. The Balaban J connectivity index is 2.06. The van der Waals surface area contributed by atoms with Crippen molar-refractivity contribution in [2.24, 2.45) is 5.73 Å². The zero-order valence-electron chi connectivity index (χ0n) is 14.0. The Morgan fingerprint density at radius 2 is 1.74 bits per heavy atom. The fraction of sp³-hybridized carbons (Fsp3) is 0.368. The van der Waals surface area contributed by atoms with Gasteiger partial charge in [-0.05, 0) is 30.2 Å². The first-order valence-electron chi connectivity index (χ1n) is 7.94. The van der Waals surface area contributed by atoms with Crippen molar-refractivity contribution in [2.75, 3.05) is 33.9 Å². The maximum atomic E-state index is 5.78. The molecule has 4 heteroatoms. The molecule has 0 atom stereocenters. The summed E-state index contributed by atoms with van der Waals surface area (Å²) in [6.07, 6.45) is 1.01. The van der Waals surface area contributed by atoms with Crippen molar-refractivity contribution in [1.29, 1.82) is 0 Å². The van der Waals surface area contributed by atoms with E-state index in [0.29, 0.717) is 6.54 Å².